The first kappa shape index (κ1) is 10.9. The van der Waals surface area contributed by atoms with Gasteiger partial charge in [0.15, 0.2) is 0 Å². The monoisotopic (exact) mass is 187 g/mol. The van der Waals surface area contributed by atoms with E-state index in [0.29, 0.717) is 6.54 Å². The summed E-state index contributed by atoms with van der Waals surface area (Å²) in [4.78, 5) is 2.31. The molecular formula is C9H21N3O. The van der Waals surface area contributed by atoms with Crippen LogP contribution in [-0.2, 0) is 0 Å². The van der Waals surface area contributed by atoms with Crippen molar-refractivity contribution in [1.29, 1.82) is 0 Å². The van der Waals surface area contributed by atoms with E-state index in [2.05, 4.69) is 22.4 Å². The normalized spacial score (nSPS) is 22.2. The average Bonchev–Trinajstić information content (AvgIpc) is 2.02. The number of rotatable bonds is 3. The minimum Gasteiger partial charge on any atom is -0.389 e. The Bertz CT molecular complexity index is 147. The van der Waals surface area contributed by atoms with Crippen molar-refractivity contribution < 1.29 is 5.11 Å². The van der Waals surface area contributed by atoms with Crippen molar-refractivity contribution in [2.24, 2.45) is 0 Å². The van der Waals surface area contributed by atoms with Gasteiger partial charge in [-0.1, -0.05) is 0 Å². The highest BCUT2D eigenvalue weighted by atomic mass is 16.3. The zero-order valence-electron chi connectivity index (χ0n) is 8.88. The molecule has 2 N–H and O–H groups in total. The standard InChI is InChI=1S/C9H21N3O/c1-9(2,13)8-10-12-6-4-11(3)5-7-12/h10,13H,4-8H2,1-3H3. The third-order valence-electron chi connectivity index (χ3n) is 2.24. The minimum absolute atomic E-state index is 0.622. The number of hydrogen-bond donors (Lipinski definition) is 2. The van der Waals surface area contributed by atoms with Crippen molar-refractivity contribution in [3.05, 3.63) is 0 Å². The largest absolute Gasteiger partial charge is 0.389 e. The summed E-state index contributed by atoms with van der Waals surface area (Å²) in [5.41, 5.74) is 2.62. The molecule has 13 heavy (non-hydrogen) atoms. The average molecular weight is 187 g/mol. The molecule has 0 atom stereocenters. The van der Waals surface area contributed by atoms with Crippen LogP contribution in [0.2, 0.25) is 0 Å². The first-order valence-electron chi connectivity index (χ1n) is 4.87. The van der Waals surface area contributed by atoms with Gasteiger partial charge in [0.25, 0.3) is 0 Å². The van der Waals surface area contributed by atoms with Gasteiger partial charge in [-0.2, -0.15) is 0 Å². The lowest BCUT2D eigenvalue weighted by molar-refractivity contribution is 0.0323. The van der Waals surface area contributed by atoms with Crippen LogP contribution in [0.15, 0.2) is 0 Å². The molecule has 1 rings (SSSR count). The molecule has 78 valence electrons. The van der Waals surface area contributed by atoms with Crippen molar-refractivity contribution in [3.63, 3.8) is 0 Å². The molecule has 0 radical (unpaired) electrons. The second kappa shape index (κ2) is 4.37. The van der Waals surface area contributed by atoms with Crippen LogP contribution < -0.4 is 5.43 Å². The Morgan fingerprint density at radius 1 is 1.23 bits per heavy atom. The number of hydrazine groups is 1. The van der Waals surface area contributed by atoms with Crippen LogP contribution in [0.1, 0.15) is 13.8 Å². The molecule has 0 saturated carbocycles. The van der Waals surface area contributed by atoms with E-state index >= 15 is 0 Å². The van der Waals surface area contributed by atoms with Gasteiger partial charge < -0.3 is 10.0 Å². The number of nitrogens with zero attached hydrogens (tertiary/aromatic N) is 2. The van der Waals surface area contributed by atoms with E-state index in [4.69, 9.17) is 0 Å². The maximum atomic E-state index is 9.50. The van der Waals surface area contributed by atoms with Gasteiger partial charge in [0.05, 0.1) is 5.60 Å². The van der Waals surface area contributed by atoms with Crippen molar-refractivity contribution >= 4 is 0 Å². The number of piperazine rings is 1. The van der Waals surface area contributed by atoms with E-state index in [-0.39, 0.29) is 0 Å². The van der Waals surface area contributed by atoms with Gasteiger partial charge in [0.1, 0.15) is 0 Å². The SMILES string of the molecule is CN1CCN(NCC(C)(C)O)CC1. The number of hydrogen-bond acceptors (Lipinski definition) is 4. The maximum Gasteiger partial charge on any atom is 0.0729 e. The molecule has 0 aromatic heterocycles. The Labute approximate surface area is 80.5 Å². The molecule has 0 spiro atoms. The summed E-state index contributed by atoms with van der Waals surface area (Å²) >= 11 is 0. The smallest absolute Gasteiger partial charge is 0.0729 e. The molecule has 4 heteroatoms. The van der Waals surface area contributed by atoms with Crippen LogP contribution in [0.4, 0.5) is 0 Å². The Hall–Kier alpha value is -0.160. The second-order valence-corrected chi connectivity index (χ2v) is 4.44. The van der Waals surface area contributed by atoms with Gasteiger partial charge in [-0.05, 0) is 20.9 Å². The van der Waals surface area contributed by atoms with Gasteiger partial charge >= 0.3 is 0 Å². The van der Waals surface area contributed by atoms with E-state index in [9.17, 15) is 5.11 Å². The molecule has 0 aliphatic carbocycles. The van der Waals surface area contributed by atoms with Crippen LogP contribution in [-0.4, -0.2) is 60.4 Å². The van der Waals surface area contributed by atoms with E-state index in [1.54, 1.807) is 0 Å². The fraction of sp³-hybridized carbons (Fsp3) is 1.00. The fourth-order valence-electron chi connectivity index (χ4n) is 1.27. The lowest BCUT2D eigenvalue weighted by Crippen LogP contribution is -2.53. The van der Waals surface area contributed by atoms with Crippen molar-refractivity contribution in [1.82, 2.24) is 15.3 Å². The van der Waals surface area contributed by atoms with Crippen molar-refractivity contribution in [2.45, 2.75) is 19.4 Å². The van der Waals surface area contributed by atoms with Crippen LogP contribution in [0.5, 0.6) is 0 Å². The second-order valence-electron chi connectivity index (χ2n) is 4.44. The summed E-state index contributed by atoms with van der Waals surface area (Å²) in [7, 11) is 2.13. The maximum absolute atomic E-state index is 9.50. The van der Waals surface area contributed by atoms with E-state index < -0.39 is 5.60 Å². The molecule has 1 fully saturated rings. The first-order valence-corrected chi connectivity index (χ1v) is 4.87. The molecule has 0 aromatic rings. The lowest BCUT2D eigenvalue weighted by Gasteiger charge is -2.34. The molecule has 0 unspecified atom stereocenters. The fourth-order valence-corrected chi connectivity index (χ4v) is 1.27. The number of likely N-dealkylation sites (N-methyl/N-ethyl adjacent to an activating group) is 1. The van der Waals surface area contributed by atoms with Gasteiger partial charge in [-0.25, -0.2) is 5.01 Å². The summed E-state index contributed by atoms with van der Waals surface area (Å²) in [5.74, 6) is 0. The van der Waals surface area contributed by atoms with Gasteiger partial charge in [0, 0.05) is 32.7 Å². The van der Waals surface area contributed by atoms with Gasteiger partial charge in [0.2, 0.25) is 0 Å². The lowest BCUT2D eigenvalue weighted by atomic mass is 10.1. The van der Waals surface area contributed by atoms with E-state index in [0.717, 1.165) is 26.2 Å². The van der Waals surface area contributed by atoms with E-state index in [1.807, 2.05) is 13.8 Å². The van der Waals surface area contributed by atoms with Crippen LogP contribution >= 0.6 is 0 Å². The molecule has 0 bridgehead atoms. The van der Waals surface area contributed by atoms with Crippen LogP contribution in [0.25, 0.3) is 0 Å². The van der Waals surface area contributed by atoms with E-state index in [1.165, 1.54) is 0 Å². The zero-order valence-corrected chi connectivity index (χ0v) is 8.88. The number of nitrogens with one attached hydrogen (secondary N) is 1. The Morgan fingerprint density at radius 3 is 2.23 bits per heavy atom. The highest BCUT2D eigenvalue weighted by molar-refractivity contribution is 4.71. The highest BCUT2D eigenvalue weighted by Crippen LogP contribution is 2.00. The van der Waals surface area contributed by atoms with Gasteiger partial charge in [-0.15, -0.1) is 0 Å². The first-order chi connectivity index (χ1) is 5.97. The third kappa shape index (κ3) is 4.57. The predicted octanol–water partition coefficient (Wildman–Crippen LogP) is -0.491. The highest BCUT2D eigenvalue weighted by Gasteiger charge is 2.17. The summed E-state index contributed by atoms with van der Waals surface area (Å²) in [5, 5.41) is 11.7. The molecule has 1 saturated heterocycles. The summed E-state index contributed by atoms with van der Waals surface area (Å²) in [6.45, 7) is 8.51. The van der Waals surface area contributed by atoms with Crippen molar-refractivity contribution in [2.75, 3.05) is 39.8 Å². The third-order valence-corrected chi connectivity index (χ3v) is 2.24. The molecule has 4 nitrogen and oxygen atoms in total. The van der Waals surface area contributed by atoms with Gasteiger partial charge in [-0.3, -0.25) is 5.43 Å². The van der Waals surface area contributed by atoms with Crippen molar-refractivity contribution in [3.8, 4) is 0 Å². The molecule has 1 aliphatic heterocycles. The number of aliphatic hydroxyl groups is 1. The molecule has 1 aliphatic rings. The quantitative estimate of drug-likeness (QED) is 0.625. The molecule has 1 heterocycles. The Morgan fingerprint density at radius 2 is 1.77 bits per heavy atom. The topological polar surface area (TPSA) is 38.7 Å². The summed E-state index contributed by atoms with van der Waals surface area (Å²) in [6.07, 6.45) is 0. The summed E-state index contributed by atoms with van der Waals surface area (Å²) in [6, 6.07) is 0. The van der Waals surface area contributed by atoms with Crippen LogP contribution in [0, 0.1) is 0 Å². The van der Waals surface area contributed by atoms with Crippen LogP contribution in [0.3, 0.4) is 0 Å². The molecule has 0 amide bonds. The Kier molecular flexibility index (Phi) is 3.67. The Balaban J connectivity index is 2.16. The summed E-state index contributed by atoms with van der Waals surface area (Å²) < 4.78 is 0. The molecule has 0 aromatic carbocycles. The minimum atomic E-state index is -0.622. The molecular weight excluding hydrogens is 166 g/mol. The predicted molar refractivity (Wildman–Crippen MR) is 53.4 cm³/mol. The zero-order chi connectivity index (χ0) is 9.90.